The Morgan fingerprint density at radius 1 is 0.850 bits per heavy atom. The highest BCUT2D eigenvalue weighted by Crippen LogP contribution is 2.34. The lowest BCUT2D eigenvalue weighted by atomic mass is 10.2. The third-order valence-electron chi connectivity index (χ3n) is 5.39. The van der Waals surface area contributed by atoms with E-state index in [2.05, 4.69) is 16.0 Å². The number of sulfonamides is 1. The second-order valence-corrected chi connectivity index (χ2v) is 10.5. The van der Waals surface area contributed by atoms with Gasteiger partial charge in [0.1, 0.15) is 17.2 Å². The van der Waals surface area contributed by atoms with Gasteiger partial charge in [0.05, 0.1) is 34.4 Å². The maximum Gasteiger partial charge on any atom is 0.314 e. The zero-order valence-corrected chi connectivity index (χ0v) is 23.1. The molecular formula is C26H29N5O8S. The van der Waals surface area contributed by atoms with Crippen molar-refractivity contribution < 1.29 is 32.4 Å². The molecule has 14 heteroatoms. The van der Waals surface area contributed by atoms with Crippen molar-refractivity contribution in [2.75, 3.05) is 43.3 Å². The van der Waals surface area contributed by atoms with Crippen LogP contribution in [0.3, 0.4) is 0 Å². The summed E-state index contributed by atoms with van der Waals surface area (Å²) >= 11 is 0. The molecule has 0 unspecified atom stereocenters. The summed E-state index contributed by atoms with van der Waals surface area (Å²) in [4.78, 5) is 36.2. The van der Waals surface area contributed by atoms with Crippen LogP contribution in [-0.4, -0.2) is 56.8 Å². The molecule has 0 bridgehead atoms. The Labute approximate surface area is 231 Å². The van der Waals surface area contributed by atoms with E-state index in [1.807, 2.05) is 0 Å². The summed E-state index contributed by atoms with van der Waals surface area (Å²) in [7, 11) is -1.26. The fourth-order valence-corrected chi connectivity index (χ4v) is 4.41. The minimum atomic E-state index is -3.90. The number of para-hydroxylation sites is 2. The molecule has 3 rings (SSSR count). The number of nitro groups is 1. The van der Waals surface area contributed by atoms with E-state index in [-0.39, 0.29) is 28.6 Å². The average molecular weight is 572 g/mol. The molecule has 2 amide bonds. The number of hydrogen-bond acceptors (Lipinski definition) is 9. The second kappa shape index (κ2) is 12.9. The van der Waals surface area contributed by atoms with Crippen LogP contribution in [0.15, 0.2) is 65.6 Å². The Balaban J connectivity index is 1.88. The van der Waals surface area contributed by atoms with E-state index in [1.165, 1.54) is 38.4 Å². The molecule has 0 radical (unpaired) electrons. The van der Waals surface area contributed by atoms with Gasteiger partial charge in [-0.1, -0.05) is 12.1 Å². The number of nitrogens with zero attached hydrogens (tertiary/aromatic N) is 2. The minimum absolute atomic E-state index is 0.00872. The summed E-state index contributed by atoms with van der Waals surface area (Å²) in [6, 6.07) is 14.6. The normalized spacial score (nSPS) is 11.0. The monoisotopic (exact) mass is 571 g/mol. The number of rotatable bonds is 11. The summed E-state index contributed by atoms with van der Waals surface area (Å²) in [5, 5.41) is 19.6. The van der Waals surface area contributed by atoms with Crippen molar-refractivity contribution in [2.45, 2.75) is 18.7 Å². The molecule has 3 aromatic carbocycles. The van der Waals surface area contributed by atoms with E-state index in [1.54, 1.807) is 44.2 Å². The lowest BCUT2D eigenvalue weighted by Gasteiger charge is -2.16. The Morgan fingerprint density at radius 3 is 2.05 bits per heavy atom. The van der Waals surface area contributed by atoms with Crippen molar-refractivity contribution in [1.82, 2.24) is 4.31 Å². The molecule has 0 aliphatic carbocycles. The minimum Gasteiger partial charge on any atom is -0.492 e. The van der Waals surface area contributed by atoms with E-state index in [9.17, 15) is 28.1 Å². The first-order chi connectivity index (χ1) is 19.0. The molecule has 40 heavy (non-hydrogen) atoms. The number of nitrogens with one attached hydrogen (secondary N) is 3. The first-order valence-corrected chi connectivity index (χ1v) is 13.5. The standard InChI is InChI=1S/C26H29N5O8S/c1-5-38-23-10-8-7-9-20(23)28-25(32)26(33)29-21-15-17(11-14-24(21)39-6-2)27-19-13-12-18(16-22(19)31(34)35)40(36,37)30(3)4/h7-16,27H,5-6H2,1-4H3,(H,28,32)(H,29,33). The molecule has 3 N–H and O–H groups in total. The van der Waals surface area contributed by atoms with Gasteiger partial charge in [0, 0.05) is 25.8 Å². The van der Waals surface area contributed by atoms with Crippen LogP contribution >= 0.6 is 0 Å². The molecular weight excluding hydrogens is 542 g/mol. The Morgan fingerprint density at radius 2 is 1.45 bits per heavy atom. The van der Waals surface area contributed by atoms with E-state index in [0.717, 1.165) is 10.4 Å². The molecule has 13 nitrogen and oxygen atoms in total. The number of ether oxygens (including phenoxy) is 2. The smallest absolute Gasteiger partial charge is 0.314 e. The highest BCUT2D eigenvalue weighted by atomic mass is 32.2. The van der Waals surface area contributed by atoms with Gasteiger partial charge >= 0.3 is 11.8 Å². The van der Waals surface area contributed by atoms with Crippen LogP contribution in [0, 0.1) is 10.1 Å². The number of anilines is 4. The third-order valence-corrected chi connectivity index (χ3v) is 7.20. The molecule has 0 aliphatic rings. The van der Waals surface area contributed by atoms with Crippen molar-refractivity contribution in [3.8, 4) is 11.5 Å². The van der Waals surface area contributed by atoms with E-state index in [4.69, 9.17) is 9.47 Å². The highest BCUT2D eigenvalue weighted by molar-refractivity contribution is 7.89. The summed E-state index contributed by atoms with van der Waals surface area (Å²) in [6.45, 7) is 4.15. The summed E-state index contributed by atoms with van der Waals surface area (Å²) < 4.78 is 36.8. The molecule has 0 saturated carbocycles. The van der Waals surface area contributed by atoms with Gasteiger partial charge in [-0.05, 0) is 56.3 Å². The van der Waals surface area contributed by atoms with Crippen LogP contribution in [-0.2, 0) is 19.6 Å². The Bertz CT molecular complexity index is 1530. The molecule has 3 aromatic rings. The van der Waals surface area contributed by atoms with Crippen LogP contribution in [0.25, 0.3) is 0 Å². The molecule has 0 aliphatic heterocycles. The molecule has 0 aromatic heterocycles. The zero-order valence-electron chi connectivity index (χ0n) is 22.3. The number of nitro benzene ring substituents is 1. The number of carbonyl (C=O) groups is 2. The first-order valence-electron chi connectivity index (χ1n) is 12.1. The number of amides is 2. The van der Waals surface area contributed by atoms with Crippen LogP contribution < -0.4 is 25.4 Å². The van der Waals surface area contributed by atoms with Gasteiger partial charge in [-0.25, -0.2) is 12.7 Å². The SMILES string of the molecule is CCOc1ccccc1NC(=O)C(=O)Nc1cc(Nc2ccc(S(=O)(=O)N(C)C)cc2[N+](=O)[O-])ccc1OCC. The fourth-order valence-electron chi connectivity index (χ4n) is 3.49. The van der Waals surface area contributed by atoms with Crippen molar-refractivity contribution in [1.29, 1.82) is 0 Å². The molecule has 0 atom stereocenters. The van der Waals surface area contributed by atoms with Gasteiger partial charge in [0.25, 0.3) is 5.69 Å². The fraction of sp³-hybridized carbons (Fsp3) is 0.231. The second-order valence-electron chi connectivity index (χ2n) is 8.33. The number of benzene rings is 3. The number of carbonyl (C=O) groups excluding carboxylic acids is 2. The zero-order chi connectivity index (χ0) is 29.4. The molecule has 0 saturated heterocycles. The van der Waals surface area contributed by atoms with Gasteiger partial charge in [0.15, 0.2) is 0 Å². The Kier molecular flexibility index (Phi) is 9.63. The van der Waals surface area contributed by atoms with Crippen molar-refractivity contribution in [2.24, 2.45) is 0 Å². The van der Waals surface area contributed by atoms with Gasteiger partial charge in [-0.3, -0.25) is 19.7 Å². The van der Waals surface area contributed by atoms with E-state index in [0.29, 0.717) is 23.7 Å². The van der Waals surface area contributed by atoms with Crippen molar-refractivity contribution >= 4 is 50.3 Å². The molecule has 0 spiro atoms. The highest BCUT2D eigenvalue weighted by Gasteiger charge is 2.24. The van der Waals surface area contributed by atoms with Crippen LogP contribution in [0.1, 0.15) is 13.8 Å². The van der Waals surface area contributed by atoms with Gasteiger partial charge < -0.3 is 25.4 Å². The maximum absolute atomic E-state index is 12.8. The lowest BCUT2D eigenvalue weighted by molar-refractivity contribution is -0.384. The predicted molar refractivity (Wildman–Crippen MR) is 150 cm³/mol. The predicted octanol–water partition coefficient (Wildman–Crippen LogP) is 3.96. The van der Waals surface area contributed by atoms with Crippen molar-refractivity contribution in [3.63, 3.8) is 0 Å². The number of hydrogen-bond donors (Lipinski definition) is 3. The topological polar surface area (TPSA) is 169 Å². The van der Waals surface area contributed by atoms with Gasteiger partial charge in [-0.15, -0.1) is 0 Å². The van der Waals surface area contributed by atoms with Crippen LogP contribution in [0.2, 0.25) is 0 Å². The van der Waals surface area contributed by atoms with Gasteiger partial charge in [-0.2, -0.15) is 0 Å². The Hall–Kier alpha value is -4.69. The lowest BCUT2D eigenvalue weighted by Crippen LogP contribution is -2.29. The first kappa shape index (κ1) is 29.9. The molecule has 212 valence electrons. The average Bonchev–Trinajstić information content (AvgIpc) is 2.91. The molecule has 0 fully saturated rings. The third kappa shape index (κ3) is 7.03. The van der Waals surface area contributed by atoms with E-state index >= 15 is 0 Å². The largest absolute Gasteiger partial charge is 0.492 e. The van der Waals surface area contributed by atoms with E-state index < -0.39 is 32.4 Å². The van der Waals surface area contributed by atoms with Gasteiger partial charge in [0.2, 0.25) is 10.0 Å². The van der Waals surface area contributed by atoms with Crippen LogP contribution in [0.5, 0.6) is 11.5 Å². The van der Waals surface area contributed by atoms with Crippen molar-refractivity contribution in [3.05, 3.63) is 70.8 Å². The maximum atomic E-state index is 12.8. The summed E-state index contributed by atoms with van der Waals surface area (Å²) in [5.74, 6) is -1.29. The summed E-state index contributed by atoms with van der Waals surface area (Å²) in [6.07, 6.45) is 0. The quantitative estimate of drug-likeness (QED) is 0.175. The summed E-state index contributed by atoms with van der Waals surface area (Å²) in [5.41, 5.74) is 0.271. The van der Waals surface area contributed by atoms with Crippen LogP contribution in [0.4, 0.5) is 28.4 Å². The molecule has 0 heterocycles.